The molecule has 2 atom stereocenters. The van der Waals surface area contributed by atoms with Gasteiger partial charge >= 0.3 is 0 Å². The predicted octanol–water partition coefficient (Wildman–Crippen LogP) is 2.78. The second-order valence-electron chi connectivity index (χ2n) is 7.11. The molecule has 26 heavy (non-hydrogen) atoms. The Hall–Kier alpha value is -2.11. The Balaban J connectivity index is 1.47. The van der Waals surface area contributed by atoms with Gasteiger partial charge in [-0.2, -0.15) is 0 Å². The molecule has 0 amide bonds. The first-order valence-corrected chi connectivity index (χ1v) is 9.29. The number of pyridine rings is 1. The molecule has 0 radical (unpaired) electrons. The summed E-state index contributed by atoms with van der Waals surface area (Å²) >= 11 is 0. The first kappa shape index (κ1) is 18.7. The molecule has 3 rings (SSSR count). The van der Waals surface area contributed by atoms with Gasteiger partial charge in [0, 0.05) is 37.9 Å². The zero-order valence-electron chi connectivity index (χ0n) is 15.5. The van der Waals surface area contributed by atoms with Gasteiger partial charge < -0.3 is 14.6 Å². The summed E-state index contributed by atoms with van der Waals surface area (Å²) in [5.41, 5.74) is 1.22. The average molecular weight is 356 g/mol. The van der Waals surface area contributed by atoms with Gasteiger partial charge in [-0.3, -0.25) is 9.88 Å². The summed E-state index contributed by atoms with van der Waals surface area (Å²) in [5, 5.41) is 10.4. The fraction of sp³-hybridized carbons (Fsp3) is 0.476. The summed E-state index contributed by atoms with van der Waals surface area (Å²) in [6, 6.07) is 11.8. The van der Waals surface area contributed by atoms with E-state index in [9.17, 15) is 5.11 Å². The van der Waals surface area contributed by atoms with Crippen LogP contribution >= 0.6 is 0 Å². The molecular formula is C21H28N2O3. The number of para-hydroxylation sites is 2. The van der Waals surface area contributed by atoms with Crippen molar-refractivity contribution in [1.82, 2.24) is 9.88 Å². The van der Waals surface area contributed by atoms with Crippen LogP contribution in [-0.4, -0.2) is 53.4 Å². The molecule has 0 unspecified atom stereocenters. The maximum atomic E-state index is 10.4. The number of aliphatic hydroxyl groups excluding tert-OH is 1. The summed E-state index contributed by atoms with van der Waals surface area (Å²) in [6.45, 7) is 6.96. The first-order valence-electron chi connectivity index (χ1n) is 9.29. The fourth-order valence-corrected chi connectivity index (χ4v) is 3.35. The van der Waals surface area contributed by atoms with E-state index in [1.165, 1.54) is 5.56 Å². The van der Waals surface area contributed by atoms with Crippen molar-refractivity contribution in [2.24, 2.45) is 5.92 Å². The van der Waals surface area contributed by atoms with Gasteiger partial charge in [-0.05, 0) is 50.1 Å². The van der Waals surface area contributed by atoms with Gasteiger partial charge in [-0.1, -0.05) is 12.1 Å². The van der Waals surface area contributed by atoms with Gasteiger partial charge in [0.05, 0.1) is 12.2 Å². The number of nitrogens with zero attached hydrogens (tertiary/aromatic N) is 2. The van der Waals surface area contributed by atoms with Gasteiger partial charge in [0.2, 0.25) is 0 Å². The molecule has 0 bridgehead atoms. The third-order valence-corrected chi connectivity index (χ3v) is 4.61. The Morgan fingerprint density at radius 3 is 2.58 bits per heavy atom. The van der Waals surface area contributed by atoms with E-state index < -0.39 is 0 Å². The molecule has 1 fully saturated rings. The minimum absolute atomic E-state index is 0.113. The minimum Gasteiger partial charge on any atom is -0.488 e. The lowest BCUT2D eigenvalue weighted by atomic mass is 9.97. The van der Waals surface area contributed by atoms with Gasteiger partial charge in [-0.25, -0.2) is 0 Å². The topological polar surface area (TPSA) is 54.8 Å². The molecule has 1 saturated heterocycles. The van der Waals surface area contributed by atoms with E-state index in [4.69, 9.17) is 9.47 Å². The van der Waals surface area contributed by atoms with Crippen molar-refractivity contribution in [1.29, 1.82) is 0 Å². The zero-order valence-corrected chi connectivity index (χ0v) is 15.5. The summed E-state index contributed by atoms with van der Waals surface area (Å²) < 4.78 is 11.7. The van der Waals surface area contributed by atoms with Crippen LogP contribution in [0.2, 0.25) is 0 Å². The van der Waals surface area contributed by atoms with Crippen LogP contribution in [0, 0.1) is 5.92 Å². The van der Waals surface area contributed by atoms with E-state index >= 15 is 0 Å². The Bertz CT molecular complexity index is 678. The third-order valence-electron chi connectivity index (χ3n) is 4.61. The summed E-state index contributed by atoms with van der Waals surface area (Å²) in [4.78, 5) is 6.31. The van der Waals surface area contributed by atoms with Gasteiger partial charge in [0.1, 0.15) is 6.61 Å². The monoisotopic (exact) mass is 356 g/mol. The van der Waals surface area contributed by atoms with Crippen LogP contribution < -0.4 is 9.47 Å². The number of aliphatic hydroxyl groups is 1. The molecule has 1 aromatic heterocycles. The van der Waals surface area contributed by atoms with Crippen LogP contribution in [0.5, 0.6) is 11.5 Å². The molecule has 5 nitrogen and oxygen atoms in total. The predicted molar refractivity (Wildman–Crippen MR) is 102 cm³/mol. The van der Waals surface area contributed by atoms with Crippen LogP contribution in [0.4, 0.5) is 0 Å². The Morgan fingerprint density at radius 2 is 1.85 bits per heavy atom. The Labute approximate surface area is 155 Å². The number of hydrogen-bond donors (Lipinski definition) is 1. The minimum atomic E-state index is -0.292. The highest BCUT2D eigenvalue weighted by molar-refractivity contribution is 5.39. The van der Waals surface area contributed by atoms with Crippen molar-refractivity contribution in [3.05, 3.63) is 54.4 Å². The van der Waals surface area contributed by atoms with Crippen molar-refractivity contribution in [2.75, 3.05) is 26.2 Å². The molecule has 1 N–H and O–H groups in total. The van der Waals surface area contributed by atoms with E-state index in [1.807, 2.05) is 50.2 Å². The SMILES string of the molecule is CC(C)Oc1ccccc1OCCN1C[C@@H](Cc2ccncc2)[C@H](O)C1. The van der Waals surface area contributed by atoms with Crippen LogP contribution in [0.1, 0.15) is 19.4 Å². The Morgan fingerprint density at radius 1 is 1.12 bits per heavy atom. The molecule has 1 aromatic carbocycles. The van der Waals surface area contributed by atoms with E-state index in [0.29, 0.717) is 13.2 Å². The zero-order chi connectivity index (χ0) is 18.4. The number of likely N-dealkylation sites (tertiary alicyclic amines) is 1. The number of aromatic nitrogens is 1. The number of hydrogen-bond acceptors (Lipinski definition) is 5. The normalized spacial score (nSPS) is 20.5. The molecule has 1 aliphatic heterocycles. The van der Waals surface area contributed by atoms with Crippen LogP contribution in [0.15, 0.2) is 48.8 Å². The molecule has 140 valence electrons. The average Bonchev–Trinajstić information content (AvgIpc) is 2.96. The molecule has 2 heterocycles. The lowest BCUT2D eigenvalue weighted by Crippen LogP contribution is -2.27. The van der Waals surface area contributed by atoms with Crippen molar-refractivity contribution in [3.8, 4) is 11.5 Å². The van der Waals surface area contributed by atoms with E-state index in [0.717, 1.165) is 31.0 Å². The molecule has 2 aromatic rings. The van der Waals surface area contributed by atoms with Crippen molar-refractivity contribution < 1.29 is 14.6 Å². The second kappa shape index (κ2) is 9.01. The van der Waals surface area contributed by atoms with Crippen LogP contribution in [-0.2, 0) is 6.42 Å². The summed E-state index contributed by atoms with van der Waals surface area (Å²) in [7, 11) is 0. The van der Waals surface area contributed by atoms with E-state index in [2.05, 4.69) is 9.88 Å². The van der Waals surface area contributed by atoms with Crippen molar-refractivity contribution in [2.45, 2.75) is 32.5 Å². The lowest BCUT2D eigenvalue weighted by Gasteiger charge is -2.18. The lowest BCUT2D eigenvalue weighted by molar-refractivity contribution is 0.139. The summed E-state index contributed by atoms with van der Waals surface area (Å²) in [6.07, 6.45) is 4.31. The molecule has 0 aliphatic carbocycles. The molecule has 0 saturated carbocycles. The van der Waals surface area contributed by atoms with Crippen molar-refractivity contribution >= 4 is 0 Å². The maximum absolute atomic E-state index is 10.4. The summed E-state index contributed by atoms with van der Waals surface area (Å²) in [5.74, 6) is 1.81. The van der Waals surface area contributed by atoms with Crippen molar-refractivity contribution in [3.63, 3.8) is 0 Å². The Kier molecular flexibility index (Phi) is 6.47. The molecule has 5 heteroatoms. The first-order chi connectivity index (χ1) is 12.6. The van der Waals surface area contributed by atoms with E-state index in [-0.39, 0.29) is 18.1 Å². The number of β-amino-alcohol motifs (C(OH)–C–C–N with tert-alkyl or cyclic N) is 1. The number of rotatable bonds is 8. The fourth-order valence-electron chi connectivity index (χ4n) is 3.35. The van der Waals surface area contributed by atoms with E-state index in [1.54, 1.807) is 12.4 Å². The van der Waals surface area contributed by atoms with Gasteiger partial charge in [0.25, 0.3) is 0 Å². The highest BCUT2D eigenvalue weighted by Crippen LogP contribution is 2.27. The quantitative estimate of drug-likeness (QED) is 0.788. The molecule has 1 aliphatic rings. The highest BCUT2D eigenvalue weighted by atomic mass is 16.5. The standard InChI is InChI=1S/C21H28N2O3/c1-16(2)26-21-6-4-3-5-20(21)25-12-11-23-14-18(19(24)15-23)13-17-7-9-22-10-8-17/h3-10,16,18-19,24H,11-15H2,1-2H3/t18-,19-/m1/s1. The van der Waals surface area contributed by atoms with Crippen LogP contribution in [0.25, 0.3) is 0 Å². The molecule has 0 spiro atoms. The third kappa shape index (κ3) is 5.19. The van der Waals surface area contributed by atoms with Crippen LogP contribution in [0.3, 0.4) is 0 Å². The largest absolute Gasteiger partial charge is 0.488 e. The highest BCUT2D eigenvalue weighted by Gasteiger charge is 2.31. The van der Waals surface area contributed by atoms with Gasteiger partial charge in [-0.15, -0.1) is 0 Å². The van der Waals surface area contributed by atoms with Gasteiger partial charge in [0.15, 0.2) is 11.5 Å². The smallest absolute Gasteiger partial charge is 0.161 e. The number of ether oxygens (including phenoxy) is 2. The maximum Gasteiger partial charge on any atom is 0.161 e. The second-order valence-corrected chi connectivity index (χ2v) is 7.11. The number of benzene rings is 1. The molecular weight excluding hydrogens is 328 g/mol.